The fraction of sp³-hybridized carbons (Fsp3) is 1.00. The molecule has 1 N–H and O–H groups in total. The van der Waals surface area contributed by atoms with Crippen LogP contribution in [-0.4, -0.2) is 26.8 Å². The van der Waals surface area contributed by atoms with E-state index in [0.717, 1.165) is 30.4 Å². The standard InChI is InChI=1S/C13H25NO/c1-14-13(4-3-7-15-2)12-9-10-5-6-11(12)8-10/h10-14H,3-9H2,1-2H3. The number of fused-ring (bicyclic) bond motifs is 2. The molecule has 0 heterocycles. The number of ether oxygens (including phenoxy) is 1. The predicted molar refractivity (Wildman–Crippen MR) is 62.9 cm³/mol. The van der Waals surface area contributed by atoms with E-state index < -0.39 is 0 Å². The third-order valence-electron chi connectivity index (χ3n) is 4.54. The van der Waals surface area contributed by atoms with Gasteiger partial charge in [-0.25, -0.2) is 0 Å². The Morgan fingerprint density at radius 1 is 1.33 bits per heavy atom. The highest BCUT2D eigenvalue weighted by Crippen LogP contribution is 2.49. The Labute approximate surface area is 93.8 Å². The molecule has 2 aliphatic rings. The van der Waals surface area contributed by atoms with E-state index in [0.29, 0.717) is 0 Å². The normalized spacial score (nSPS) is 36.0. The topological polar surface area (TPSA) is 21.3 Å². The van der Waals surface area contributed by atoms with Crippen LogP contribution in [0.25, 0.3) is 0 Å². The molecule has 0 aromatic rings. The van der Waals surface area contributed by atoms with Gasteiger partial charge in [0.1, 0.15) is 0 Å². The first kappa shape index (κ1) is 11.4. The average Bonchev–Trinajstić information content (AvgIpc) is 2.86. The highest BCUT2D eigenvalue weighted by Gasteiger charge is 2.42. The molecule has 2 saturated carbocycles. The van der Waals surface area contributed by atoms with Crippen LogP contribution in [0.3, 0.4) is 0 Å². The lowest BCUT2D eigenvalue weighted by Crippen LogP contribution is -2.36. The largest absolute Gasteiger partial charge is 0.385 e. The summed E-state index contributed by atoms with van der Waals surface area (Å²) >= 11 is 0. The van der Waals surface area contributed by atoms with Gasteiger partial charge in [-0.2, -0.15) is 0 Å². The molecular formula is C13H25NO. The van der Waals surface area contributed by atoms with Crippen LogP contribution in [0.1, 0.15) is 38.5 Å². The summed E-state index contributed by atoms with van der Waals surface area (Å²) < 4.78 is 5.13. The highest BCUT2D eigenvalue weighted by atomic mass is 16.5. The van der Waals surface area contributed by atoms with Crippen molar-refractivity contribution in [2.75, 3.05) is 20.8 Å². The molecule has 0 aromatic carbocycles. The second-order valence-corrected chi connectivity index (χ2v) is 5.37. The zero-order chi connectivity index (χ0) is 10.7. The summed E-state index contributed by atoms with van der Waals surface area (Å²) in [5.74, 6) is 3.07. The minimum absolute atomic E-state index is 0.746. The highest BCUT2D eigenvalue weighted by molar-refractivity contribution is 4.94. The molecule has 0 radical (unpaired) electrons. The maximum absolute atomic E-state index is 5.13. The fourth-order valence-electron chi connectivity index (χ4n) is 3.81. The van der Waals surface area contributed by atoms with Crippen molar-refractivity contribution in [3.05, 3.63) is 0 Å². The SMILES string of the molecule is CNC(CCCOC)C1CC2CCC1C2. The van der Waals surface area contributed by atoms with Crippen LogP contribution in [-0.2, 0) is 4.74 Å². The van der Waals surface area contributed by atoms with Crippen molar-refractivity contribution in [3.8, 4) is 0 Å². The molecule has 2 heteroatoms. The number of hydrogen-bond donors (Lipinski definition) is 1. The summed E-state index contributed by atoms with van der Waals surface area (Å²) in [6.07, 6.45) is 8.51. The maximum Gasteiger partial charge on any atom is 0.0462 e. The average molecular weight is 211 g/mol. The van der Waals surface area contributed by atoms with Gasteiger partial charge in [-0.15, -0.1) is 0 Å². The van der Waals surface area contributed by atoms with Gasteiger partial charge in [0.15, 0.2) is 0 Å². The van der Waals surface area contributed by atoms with Crippen LogP contribution in [0, 0.1) is 17.8 Å². The molecule has 2 aliphatic carbocycles. The second-order valence-electron chi connectivity index (χ2n) is 5.37. The smallest absolute Gasteiger partial charge is 0.0462 e. The molecule has 0 saturated heterocycles. The lowest BCUT2D eigenvalue weighted by molar-refractivity contribution is 0.176. The lowest BCUT2D eigenvalue weighted by Gasteiger charge is -2.30. The molecule has 2 nitrogen and oxygen atoms in total. The van der Waals surface area contributed by atoms with Gasteiger partial charge in [0.25, 0.3) is 0 Å². The van der Waals surface area contributed by atoms with Gasteiger partial charge in [0.05, 0.1) is 0 Å². The predicted octanol–water partition coefficient (Wildman–Crippen LogP) is 2.44. The number of nitrogens with one attached hydrogen (secondary N) is 1. The zero-order valence-electron chi connectivity index (χ0n) is 10.2. The summed E-state index contributed by atoms with van der Waals surface area (Å²) in [5, 5.41) is 3.53. The summed E-state index contributed by atoms with van der Waals surface area (Å²) in [6.45, 7) is 0.916. The quantitative estimate of drug-likeness (QED) is 0.681. The van der Waals surface area contributed by atoms with Crippen LogP contribution >= 0.6 is 0 Å². The Kier molecular flexibility index (Phi) is 4.04. The van der Waals surface area contributed by atoms with E-state index >= 15 is 0 Å². The first-order valence-electron chi connectivity index (χ1n) is 6.51. The van der Waals surface area contributed by atoms with E-state index in [1.165, 1.54) is 38.5 Å². The van der Waals surface area contributed by atoms with E-state index in [-0.39, 0.29) is 0 Å². The van der Waals surface area contributed by atoms with Gasteiger partial charge in [0, 0.05) is 19.8 Å². The van der Waals surface area contributed by atoms with E-state index in [1.807, 2.05) is 0 Å². The summed E-state index contributed by atoms with van der Waals surface area (Å²) in [7, 11) is 3.93. The Balaban J connectivity index is 1.79. The fourth-order valence-corrected chi connectivity index (χ4v) is 3.81. The summed E-state index contributed by atoms with van der Waals surface area (Å²) in [5.41, 5.74) is 0. The number of rotatable bonds is 6. The maximum atomic E-state index is 5.13. The van der Waals surface area contributed by atoms with Crippen molar-refractivity contribution in [2.24, 2.45) is 17.8 Å². The summed E-state index contributed by atoms with van der Waals surface area (Å²) in [6, 6.07) is 0.746. The van der Waals surface area contributed by atoms with Crippen molar-refractivity contribution in [1.82, 2.24) is 5.32 Å². The van der Waals surface area contributed by atoms with Crippen molar-refractivity contribution in [2.45, 2.75) is 44.6 Å². The number of methoxy groups -OCH3 is 1. The Hall–Kier alpha value is -0.0800. The molecule has 0 aromatic heterocycles. The van der Waals surface area contributed by atoms with Gasteiger partial charge in [-0.3, -0.25) is 0 Å². The molecule has 0 amide bonds. The molecule has 4 unspecified atom stereocenters. The minimum atomic E-state index is 0.746. The van der Waals surface area contributed by atoms with Crippen LogP contribution in [0.4, 0.5) is 0 Å². The van der Waals surface area contributed by atoms with E-state index in [2.05, 4.69) is 12.4 Å². The third-order valence-corrected chi connectivity index (χ3v) is 4.54. The van der Waals surface area contributed by atoms with Crippen LogP contribution < -0.4 is 5.32 Å². The first-order chi connectivity index (χ1) is 7.35. The van der Waals surface area contributed by atoms with Gasteiger partial charge in [-0.05, 0) is 56.9 Å². The third kappa shape index (κ3) is 2.54. The Bertz CT molecular complexity index is 195. The number of hydrogen-bond acceptors (Lipinski definition) is 2. The van der Waals surface area contributed by atoms with E-state index in [4.69, 9.17) is 4.74 Å². The monoisotopic (exact) mass is 211 g/mol. The molecular weight excluding hydrogens is 186 g/mol. The van der Waals surface area contributed by atoms with Crippen LogP contribution in [0.15, 0.2) is 0 Å². The van der Waals surface area contributed by atoms with Crippen molar-refractivity contribution in [1.29, 1.82) is 0 Å². The first-order valence-corrected chi connectivity index (χ1v) is 6.51. The molecule has 2 rings (SSSR count). The van der Waals surface area contributed by atoms with Gasteiger partial charge in [0.2, 0.25) is 0 Å². The van der Waals surface area contributed by atoms with Crippen LogP contribution in [0.5, 0.6) is 0 Å². The molecule has 0 aliphatic heterocycles. The van der Waals surface area contributed by atoms with Gasteiger partial charge >= 0.3 is 0 Å². The zero-order valence-corrected chi connectivity index (χ0v) is 10.2. The summed E-state index contributed by atoms with van der Waals surface area (Å²) in [4.78, 5) is 0. The van der Waals surface area contributed by atoms with E-state index in [9.17, 15) is 0 Å². The van der Waals surface area contributed by atoms with Gasteiger partial charge in [-0.1, -0.05) is 6.42 Å². The van der Waals surface area contributed by atoms with E-state index in [1.54, 1.807) is 7.11 Å². The molecule has 2 bridgehead atoms. The molecule has 88 valence electrons. The van der Waals surface area contributed by atoms with Crippen molar-refractivity contribution in [3.63, 3.8) is 0 Å². The minimum Gasteiger partial charge on any atom is -0.385 e. The second kappa shape index (κ2) is 5.31. The molecule has 0 spiro atoms. The van der Waals surface area contributed by atoms with Crippen molar-refractivity contribution >= 4 is 0 Å². The molecule has 2 fully saturated rings. The molecule has 4 atom stereocenters. The van der Waals surface area contributed by atoms with Gasteiger partial charge < -0.3 is 10.1 Å². The Morgan fingerprint density at radius 2 is 2.20 bits per heavy atom. The lowest BCUT2D eigenvalue weighted by atomic mass is 9.81. The van der Waals surface area contributed by atoms with Crippen LogP contribution in [0.2, 0.25) is 0 Å². The molecule has 15 heavy (non-hydrogen) atoms. The Morgan fingerprint density at radius 3 is 2.73 bits per heavy atom. The van der Waals surface area contributed by atoms with Crippen molar-refractivity contribution < 1.29 is 4.74 Å².